The van der Waals surface area contributed by atoms with Crippen molar-refractivity contribution in [3.05, 3.63) is 41.9 Å². The number of ether oxygens (including phenoxy) is 2. The van der Waals surface area contributed by atoms with Gasteiger partial charge in [-0.1, -0.05) is 0 Å². The van der Waals surface area contributed by atoms with Crippen LogP contribution in [0.25, 0.3) is 0 Å². The van der Waals surface area contributed by atoms with E-state index in [4.69, 9.17) is 13.9 Å². The summed E-state index contributed by atoms with van der Waals surface area (Å²) in [5.74, 6) is 3.00. The van der Waals surface area contributed by atoms with Crippen LogP contribution in [0.3, 0.4) is 0 Å². The van der Waals surface area contributed by atoms with Crippen LogP contribution in [0.15, 0.2) is 34.7 Å². The number of hydrogen-bond donors (Lipinski definition) is 2. The Morgan fingerprint density at radius 1 is 1.16 bits per heavy atom. The number of carbonyl (C=O) groups is 1. The number of amides is 2. The fourth-order valence-electron chi connectivity index (χ4n) is 2.66. The summed E-state index contributed by atoms with van der Waals surface area (Å²) in [6.07, 6.45) is 0. The Hall–Kier alpha value is -2.67. The van der Waals surface area contributed by atoms with Crippen LogP contribution in [0, 0.1) is 6.92 Å². The summed E-state index contributed by atoms with van der Waals surface area (Å²) in [6.45, 7) is 3.38. The molecule has 3 rings (SSSR count). The van der Waals surface area contributed by atoms with E-state index in [0.717, 1.165) is 11.5 Å². The quantitative estimate of drug-likeness (QED) is 0.871. The molecule has 0 radical (unpaired) electrons. The largest absolute Gasteiger partial charge is 0.486 e. The monoisotopic (exact) mass is 345 g/mol. The van der Waals surface area contributed by atoms with Crippen LogP contribution in [0.5, 0.6) is 11.5 Å². The minimum Gasteiger partial charge on any atom is -0.486 e. The van der Waals surface area contributed by atoms with Crippen LogP contribution >= 0.6 is 0 Å². The lowest BCUT2D eigenvalue weighted by Gasteiger charge is -2.23. The Morgan fingerprint density at radius 2 is 1.92 bits per heavy atom. The molecule has 134 valence electrons. The fourth-order valence-corrected chi connectivity index (χ4v) is 2.66. The zero-order chi connectivity index (χ0) is 17.8. The maximum atomic E-state index is 12.2. The van der Waals surface area contributed by atoms with Crippen LogP contribution in [0.1, 0.15) is 17.6 Å². The van der Waals surface area contributed by atoms with E-state index in [1.54, 1.807) is 18.2 Å². The standard InChI is InChI=1S/C18H23N3O4/c1-12-4-6-15(25-12)14(21(2)3)11-19-18(22)20-13-5-7-16-17(10-13)24-9-8-23-16/h4-7,10,14H,8-9,11H2,1-3H3,(H2,19,20,22)/t14-/m0/s1. The van der Waals surface area contributed by atoms with Gasteiger partial charge in [0.25, 0.3) is 0 Å². The van der Waals surface area contributed by atoms with Gasteiger partial charge >= 0.3 is 6.03 Å². The molecule has 0 unspecified atom stereocenters. The van der Waals surface area contributed by atoms with E-state index in [0.29, 0.717) is 36.9 Å². The second kappa shape index (κ2) is 7.48. The van der Waals surface area contributed by atoms with Crippen molar-refractivity contribution < 1.29 is 18.7 Å². The second-order valence-corrected chi connectivity index (χ2v) is 6.12. The predicted octanol–water partition coefficient (Wildman–Crippen LogP) is 2.78. The molecule has 2 amide bonds. The number of rotatable bonds is 5. The Morgan fingerprint density at radius 3 is 2.60 bits per heavy atom. The van der Waals surface area contributed by atoms with Gasteiger partial charge in [0, 0.05) is 18.3 Å². The molecule has 1 aromatic heterocycles. The zero-order valence-corrected chi connectivity index (χ0v) is 14.7. The topological polar surface area (TPSA) is 76.0 Å². The molecule has 0 spiro atoms. The molecule has 2 heterocycles. The number of hydrogen-bond acceptors (Lipinski definition) is 5. The van der Waals surface area contributed by atoms with Gasteiger partial charge in [-0.25, -0.2) is 4.79 Å². The molecule has 1 aliphatic rings. The van der Waals surface area contributed by atoms with Crippen LogP contribution in [0.4, 0.5) is 10.5 Å². The molecule has 1 aliphatic heterocycles. The SMILES string of the molecule is Cc1ccc([C@H](CNC(=O)Nc2ccc3c(c2)OCCO3)N(C)C)o1. The first-order valence-corrected chi connectivity index (χ1v) is 8.20. The third-order valence-corrected chi connectivity index (χ3v) is 3.97. The lowest BCUT2D eigenvalue weighted by atomic mass is 10.2. The zero-order valence-electron chi connectivity index (χ0n) is 14.7. The highest BCUT2D eigenvalue weighted by Crippen LogP contribution is 2.32. The van der Waals surface area contributed by atoms with Crippen molar-refractivity contribution in [2.75, 3.05) is 39.2 Å². The molecule has 0 fully saturated rings. The molecule has 7 heteroatoms. The van der Waals surface area contributed by atoms with Gasteiger partial charge in [0.15, 0.2) is 11.5 Å². The molecule has 25 heavy (non-hydrogen) atoms. The maximum absolute atomic E-state index is 12.2. The van der Waals surface area contributed by atoms with Gasteiger partial charge in [-0.2, -0.15) is 0 Å². The highest BCUT2D eigenvalue weighted by Gasteiger charge is 2.19. The number of anilines is 1. The van der Waals surface area contributed by atoms with E-state index in [1.165, 1.54) is 0 Å². The second-order valence-electron chi connectivity index (χ2n) is 6.12. The summed E-state index contributed by atoms with van der Waals surface area (Å²) in [5.41, 5.74) is 0.650. The summed E-state index contributed by atoms with van der Waals surface area (Å²) in [7, 11) is 3.89. The molecule has 0 aliphatic carbocycles. The molecular weight excluding hydrogens is 322 g/mol. The van der Waals surface area contributed by atoms with Crippen molar-refractivity contribution in [3.8, 4) is 11.5 Å². The third-order valence-electron chi connectivity index (χ3n) is 3.97. The van der Waals surface area contributed by atoms with Gasteiger partial charge in [0.05, 0.1) is 6.04 Å². The summed E-state index contributed by atoms with van der Waals surface area (Å²) < 4.78 is 16.7. The van der Waals surface area contributed by atoms with Crippen molar-refractivity contribution in [3.63, 3.8) is 0 Å². The number of furan rings is 1. The van der Waals surface area contributed by atoms with Gasteiger partial charge in [-0.05, 0) is 45.3 Å². The van der Waals surface area contributed by atoms with Gasteiger partial charge in [0.1, 0.15) is 24.7 Å². The number of urea groups is 1. The fraction of sp³-hybridized carbons (Fsp3) is 0.389. The first-order chi connectivity index (χ1) is 12.0. The van der Waals surface area contributed by atoms with Gasteiger partial charge < -0.3 is 24.5 Å². The van der Waals surface area contributed by atoms with E-state index in [-0.39, 0.29) is 12.1 Å². The van der Waals surface area contributed by atoms with Crippen molar-refractivity contribution in [1.29, 1.82) is 0 Å². The van der Waals surface area contributed by atoms with Crippen molar-refractivity contribution in [1.82, 2.24) is 10.2 Å². The minimum atomic E-state index is -0.285. The minimum absolute atomic E-state index is 0.0419. The first kappa shape index (κ1) is 17.2. The van der Waals surface area contributed by atoms with Gasteiger partial charge in [-0.3, -0.25) is 4.90 Å². The smallest absolute Gasteiger partial charge is 0.319 e. The Balaban J connectivity index is 1.58. The number of nitrogens with one attached hydrogen (secondary N) is 2. The van der Waals surface area contributed by atoms with Crippen molar-refractivity contribution >= 4 is 11.7 Å². The van der Waals surface area contributed by atoms with Crippen molar-refractivity contribution in [2.45, 2.75) is 13.0 Å². The van der Waals surface area contributed by atoms with E-state index in [1.807, 2.05) is 38.1 Å². The molecule has 0 saturated carbocycles. The summed E-state index contributed by atoms with van der Waals surface area (Å²) in [5, 5.41) is 5.68. The lowest BCUT2D eigenvalue weighted by molar-refractivity contribution is 0.171. The molecule has 0 saturated heterocycles. The number of fused-ring (bicyclic) bond motifs is 1. The normalized spacial score (nSPS) is 14.2. The highest BCUT2D eigenvalue weighted by molar-refractivity contribution is 5.89. The highest BCUT2D eigenvalue weighted by atomic mass is 16.6. The van der Waals surface area contributed by atoms with Crippen LogP contribution in [0.2, 0.25) is 0 Å². The van der Waals surface area contributed by atoms with Crippen LogP contribution in [-0.4, -0.2) is 44.8 Å². The average molecular weight is 345 g/mol. The Kier molecular flexibility index (Phi) is 5.14. The molecule has 1 aromatic carbocycles. The number of benzene rings is 1. The molecule has 1 atom stereocenters. The van der Waals surface area contributed by atoms with Gasteiger partial charge in [-0.15, -0.1) is 0 Å². The van der Waals surface area contributed by atoms with Crippen LogP contribution < -0.4 is 20.1 Å². The predicted molar refractivity (Wildman–Crippen MR) is 94.3 cm³/mol. The van der Waals surface area contributed by atoms with Gasteiger partial charge in [0.2, 0.25) is 0 Å². The first-order valence-electron chi connectivity index (χ1n) is 8.20. The summed E-state index contributed by atoms with van der Waals surface area (Å²) in [4.78, 5) is 14.2. The summed E-state index contributed by atoms with van der Waals surface area (Å²) >= 11 is 0. The van der Waals surface area contributed by atoms with E-state index >= 15 is 0 Å². The number of nitrogens with zero attached hydrogens (tertiary/aromatic N) is 1. The van der Waals surface area contributed by atoms with Crippen LogP contribution in [-0.2, 0) is 0 Å². The molecule has 2 N–H and O–H groups in total. The molecule has 7 nitrogen and oxygen atoms in total. The number of aryl methyl sites for hydroxylation is 1. The maximum Gasteiger partial charge on any atom is 0.319 e. The molecule has 0 bridgehead atoms. The van der Waals surface area contributed by atoms with Crippen molar-refractivity contribution in [2.24, 2.45) is 0 Å². The summed E-state index contributed by atoms with van der Waals surface area (Å²) in [6, 6.07) is 8.85. The average Bonchev–Trinajstić information content (AvgIpc) is 3.00. The number of likely N-dealkylation sites (N-methyl/N-ethyl adjacent to an activating group) is 1. The number of carbonyl (C=O) groups excluding carboxylic acids is 1. The molecular formula is C18H23N3O4. The third kappa shape index (κ3) is 4.24. The lowest BCUT2D eigenvalue weighted by Crippen LogP contribution is -2.36. The Bertz CT molecular complexity index is 742. The van der Waals surface area contributed by atoms with E-state index in [9.17, 15) is 4.79 Å². The molecule has 2 aromatic rings. The van der Waals surface area contributed by atoms with E-state index in [2.05, 4.69) is 10.6 Å². The Labute approximate surface area is 146 Å². The van der Waals surface area contributed by atoms with E-state index < -0.39 is 0 Å².